The van der Waals surface area contributed by atoms with E-state index in [0.29, 0.717) is 0 Å². The quantitative estimate of drug-likeness (QED) is 0.508. The van der Waals surface area contributed by atoms with Crippen molar-refractivity contribution in [1.29, 1.82) is 0 Å². The number of nitrogens with zero attached hydrogens (tertiary/aromatic N) is 1. The molecule has 2 N–H and O–H groups in total. The van der Waals surface area contributed by atoms with Gasteiger partial charge in [0.2, 0.25) is 0 Å². The number of amides is 1. The Morgan fingerprint density at radius 1 is 0.962 bits per heavy atom. The number of carbonyl (C=O) groups excluding carboxylic acids is 1. The van der Waals surface area contributed by atoms with E-state index in [1.54, 1.807) is 0 Å². The summed E-state index contributed by atoms with van der Waals surface area (Å²) in [5.41, 5.74) is 5.46. The maximum absolute atomic E-state index is 12.4. The Morgan fingerprint density at radius 2 is 1.65 bits per heavy atom. The van der Waals surface area contributed by atoms with Crippen molar-refractivity contribution in [3.05, 3.63) is 78.4 Å². The van der Waals surface area contributed by atoms with Crippen LogP contribution in [-0.4, -0.2) is 17.7 Å². The van der Waals surface area contributed by atoms with Crippen molar-refractivity contribution in [2.45, 2.75) is 26.3 Å². The molecule has 0 unspecified atom stereocenters. The lowest BCUT2D eigenvalue weighted by Crippen LogP contribution is -2.35. The maximum Gasteiger partial charge on any atom is 0.262 e. The van der Waals surface area contributed by atoms with Gasteiger partial charge in [-0.3, -0.25) is 4.79 Å². The first-order valence-electron chi connectivity index (χ1n) is 8.84. The largest absolute Gasteiger partial charge is 0.374 e. The summed E-state index contributed by atoms with van der Waals surface area (Å²) in [6.45, 7) is 3.85. The van der Waals surface area contributed by atoms with E-state index >= 15 is 0 Å². The molecule has 4 heteroatoms. The second-order valence-corrected chi connectivity index (χ2v) is 6.18. The first-order chi connectivity index (χ1) is 12.7. The van der Waals surface area contributed by atoms with Gasteiger partial charge in [0.15, 0.2) is 0 Å². The van der Waals surface area contributed by atoms with Crippen LogP contribution in [0.1, 0.15) is 25.8 Å². The minimum absolute atomic E-state index is 0.167. The summed E-state index contributed by atoms with van der Waals surface area (Å²) in [5, 5.41) is 9.85. The van der Waals surface area contributed by atoms with Gasteiger partial charge in [0.1, 0.15) is 6.04 Å². The molecule has 3 rings (SSSR count). The van der Waals surface area contributed by atoms with Crippen molar-refractivity contribution in [3.8, 4) is 0 Å². The van der Waals surface area contributed by atoms with E-state index < -0.39 is 6.04 Å². The molecule has 0 aromatic heterocycles. The van der Waals surface area contributed by atoms with Crippen molar-refractivity contribution in [1.82, 2.24) is 5.43 Å². The van der Waals surface area contributed by atoms with E-state index in [9.17, 15) is 4.79 Å². The summed E-state index contributed by atoms with van der Waals surface area (Å²) in [7, 11) is 0. The van der Waals surface area contributed by atoms with Crippen LogP contribution in [0.5, 0.6) is 0 Å². The van der Waals surface area contributed by atoms with Crippen molar-refractivity contribution in [2.24, 2.45) is 5.10 Å². The number of fused-ring (bicyclic) bond motifs is 1. The highest BCUT2D eigenvalue weighted by atomic mass is 16.2. The van der Waals surface area contributed by atoms with Crippen LogP contribution in [0.25, 0.3) is 10.8 Å². The van der Waals surface area contributed by atoms with Crippen LogP contribution in [0.2, 0.25) is 0 Å². The SMILES string of the molecule is CC/C(=N/NC(=O)[C@@H](C)Nc1ccc2ccccc2c1)c1ccccc1. The van der Waals surface area contributed by atoms with Gasteiger partial charge in [-0.1, -0.05) is 67.6 Å². The molecule has 0 saturated carbocycles. The van der Waals surface area contributed by atoms with E-state index in [4.69, 9.17) is 0 Å². The van der Waals surface area contributed by atoms with Crippen molar-refractivity contribution in [3.63, 3.8) is 0 Å². The van der Waals surface area contributed by atoms with Gasteiger partial charge in [-0.15, -0.1) is 0 Å². The molecule has 3 aromatic carbocycles. The van der Waals surface area contributed by atoms with E-state index in [1.165, 1.54) is 5.39 Å². The highest BCUT2D eigenvalue weighted by molar-refractivity contribution is 6.01. The highest BCUT2D eigenvalue weighted by Gasteiger charge is 2.12. The second kappa shape index (κ2) is 8.30. The van der Waals surface area contributed by atoms with Crippen LogP contribution in [-0.2, 0) is 4.79 Å². The lowest BCUT2D eigenvalue weighted by molar-refractivity contribution is -0.121. The van der Waals surface area contributed by atoms with Crippen LogP contribution in [0, 0.1) is 0 Å². The van der Waals surface area contributed by atoms with E-state index in [0.717, 1.165) is 28.8 Å². The third-order valence-corrected chi connectivity index (χ3v) is 4.27. The smallest absolute Gasteiger partial charge is 0.262 e. The summed E-state index contributed by atoms with van der Waals surface area (Å²) in [6.07, 6.45) is 0.747. The van der Waals surface area contributed by atoms with Crippen molar-refractivity contribution >= 4 is 28.1 Å². The molecule has 0 aliphatic rings. The van der Waals surface area contributed by atoms with Crippen LogP contribution < -0.4 is 10.7 Å². The van der Waals surface area contributed by atoms with Crippen molar-refractivity contribution in [2.75, 3.05) is 5.32 Å². The van der Waals surface area contributed by atoms with Crippen LogP contribution >= 0.6 is 0 Å². The summed E-state index contributed by atoms with van der Waals surface area (Å²) < 4.78 is 0. The topological polar surface area (TPSA) is 53.5 Å². The first-order valence-corrected chi connectivity index (χ1v) is 8.84. The standard InChI is InChI=1S/C22H23N3O/c1-3-21(18-10-5-4-6-11-18)24-25-22(26)16(2)23-20-14-13-17-9-7-8-12-19(17)15-20/h4-16,23H,3H2,1-2H3,(H,25,26)/b24-21-/t16-/m1/s1. The van der Waals surface area contributed by atoms with Gasteiger partial charge in [0.25, 0.3) is 5.91 Å². The zero-order valence-corrected chi connectivity index (χ0v) is 15.1. The number of nitrogens with one attached hydrogen (secondary N) is 2. The fourth-order valence-corrected chi connectivity index (χ4v) is 2.79. The van der Waals surface area contributed by atoms with Gasteiger partial charge in [-0.05, 0) is 41.8 Å². The Kier molecular flexibility index (Phi) is 5.64. The third kappa shape index (κ3) is 4.28. The minimum atomic E-state index is -0.395. The van der Waals surface area contributed by atoms with E-state index in [1.807, 2.05) is 74.5 Å². The van der Waals surface area contributed by atoms with Crippen molar-refractivity contribution < 1.29 is 4.79 Å². The average Bonchev–Trinajstić information content (AvgIpc) is 2.69. The zero-order chi connectivity index (χ0) is 18.4. The minimum Gasteiger partial charge on any atom is -0.374 e. The molecule has 132 valence electrons. The van der Waals surface area contributed by atoms with Crippen LogP contribution in [0.3, 0.4) is 0 Å². The third-order valence-electron chi connectivity index (χ3n) is 4.27. The molecule has 0 heterocycles. The molecule has 1 atom stereocenters. The summed E-state index contributed by atoms with van der Waals surface area (Å²) >= 11 is 0. The normalized spacial score (nSPS) is 12.6. The predicted octanol–water partition coefficient (Wildman–Crippen LogP) is 4.57. The molecule has 0 bridgehead atoms. The molecule has 0 saturated heterocycles. The monoisotopic (exact) mass is 345 g/mol. The van der Waals surface area contributed by atoms with Gasteiger partial charge in [0.05, 0.1) is 5.71 Å². The number of rotatable bonds is 6. The molecular weight excluding hydrogens is 322 g/mol. The Morgan fingerprint density at radius 3 is 2.38 bits per heavy atom. The number of hydrazone groups is 1. The first kappa shape index (κ1) is 17.7. The summed E-state index contributed by atoms with van der Waals surface area (Å²) in [6, 6.07) is 23.7. The van der Waals surface area contributed by atoms with Gasteiger partial charge in [0, 0.05) is 5.69 Å². The Labute approximate surface area is 153 Å². The molecule has 1 amide bonds. The number of benzene rings is 3. The van der Waals surface area contributed by atoms with Gasteiger partial charge < -0.3 is 5.32 Å². The molecule has 0 aliphatic carbocycles. The summed E-state index contributed by atoms with van der Waals surface area (Å²) in [4.78, 5) is 12.4. The predicted molar refractivity (Wildman–Crippen MR) is 108 cm³/mol. The lowest BCUT2D eigenvalue weighted by Gasteiger charge is -2.14. The number of carbonyl (C=O) groups is 1. The van der Waals surface area contributed by atoms with Crippen LogP contribution in [0.15, 0.2) is 77.9 Å². The average molecular weight is 345 g/mol. The Balaban J connectivity index is 1.66. The summed E-state index contributed by atoms with van der Waals surface area (Å²) in [5.74, 6) is -0.167. The second-order valence-electron chi connectivity index (χ2n) is 6.18. The number of hydrogen-bond acceptors (Lipinski definition) is 3. The van der Waals surface area contributed by atoms with E-state index in [-0.39, 0.29) is 5.91 Å². The molecule has 0 aliphatic heterocycles. The molecule has 26 heavy (non-hydrogen) atoms. The number of anilines is 1. The highest BCUT2D eigenvalue weighted by Crippen LogP contribution is 2.19. The molecule has 0 radical (unpaired) electrons. The van der Waals surface area contributed by atoms with Crippen LogP contribution in [0.4, 0.5) is 5.69 Å². The fourth-order valence-electron chi connectivity index (χ4n) is 2.79. The van der Waals surface area contributed by atoms with Gasteiger partial charge in [-0.2, -0.15) is 5.10 Å². The Hall–Kier alpha value is -3.14. The maximum atomic E-state index is 12.4. The molecule has 4 nitrogen and oxygen atoms in total. The fraction of sp³-hybridized carbons (Fsp3) is 0.182. The number of hydrogen-bond donors (Lipinski definition) is 2. The molecule has 3 aromatic rings. The molecular formula is C22H23N3O. The van der Waals surface area contributed by atoms with Gasteiger partial charge in [-0.25, -0.2) is 5.43 Å². The van der Waals surface area contributed by atoms with Gasteiger partial charge >= 0.3 is 0 Å². The molecule has 0 spiro atoms. The Bertz CT molecular complexity index is 919. The lowest BCUT2D eigenvalue weighted by atomic mass is 10.1. The molecule has 0 fully saturated rings. The zero-order valence-electron chi connectivity index (χ0n) is 15.1. The van der Waals surface area contributed by atoms with E-state index in [2.05, 4.69) is 28.0 Å².